The van der Waals surface area contributed by atoms with E-state index in [4.69, 9.17) is 0 Å². The van der Waals surface area contributed by atoms with Gasteiger partial charge in [0.15, 0.2) is 5.82 Å². The van der Waals surface area contributed by atoms with Crippen LogP contribution in [0.15, 0.2) is 12.4 Å². The third-order valence-corrected chi connectivity index (χ3v) is 1.85. The maximum absolute atomic E-state index is 11.1. The lowest BCUT2D eigenvalue weighted by molar-refractivity contribution is -0.116. The molecule has 0 fully saturated rings. The van der Waals surface area contributed by atoms with Crippen LogP contribution in [-0.4, -0.2) is 15.9 Å². The Morgan fingerprint density at radius 3 is 3.00 bits per heavy atom. The van der Waals surface area contributed by atoms with Gasteiger partial charge in [0.25, 0.3) is 0 Å². The minimum absolute atomic E-state index is 0.0363. The first kappa shape index (κ1) is 7.21. The molecule has 0 bridgehead atoms. The second-order valence-corrected chi connectivity index (χ2v) is 2.75. The van der Waals surface area contributed by atoms with Gasteiger partial charge in [0.05, 0.1) is 5.69 Å². The molecule has 4 nitrogen and oxygen atoms in total. The van der Waals surface area contributed by atoms with Crippen LogP contribution in [0.1, 0.15) is 18.5 Å². The number of aryl methyl sites for hydroxylation is 1. The molecule has 1 aliphatic heterocycles. The molecule has 12 heavy (non-hydrogen) atoms. The Balaban J connectivity index is 2.37. The molecule has 2 rings (SSSR count). The van der Waals surface area contributed by atoms with Crippen LogP contribution in [-0.2, 0) is 11.2 Å². The SMILES string of the molecule is O=C1CCCc2nccnc2N1. The third kappa shape index (κ3) is 1.28. The maximum Gasteiger partial charge on any atom is 0.225 e. The van der Waals surface area contributed by atoms with Crippen LogP contribution < -0.4 is 5.32 Å². The Kier molecular flexibility index (Phi) is 1.74. The van der Waals surface area contributed by atoms with E-state index in [1.807, 2.05) is 0 Å². The number of rotatable bonds is 0. The number of anilines is 1. The van der Waals surface area contributed by atoms with Crippen LogP contribution in [0, 0.1) is 0 Å². The van der Waals surface area contributed by atoms with Gasteiger partial charge in [-0.25, -0.2) is 4.98 Å². The molecule has 2 heterocycles. The Bertz CT molecular complexity index is 311. The Morgan fingerprint density at radius 2 is 2.08 bits per heavy atom. The van der Waals surface area contributed by atoms with Crippen LogP contribution in [0.3, 0.4) is 0 Å². The molecule has 0 aliphatic carbocycles. The number of hydrogen-bond acceptors (Lipinski definition) is 3. The monoisotopic (exact) mass is 163 g/mol. The summed E-state index contributed by atoms with van der Waals surface area (Å²) in [5, 5.41) is 2.71. The van der Waals surface area contributed by atoms with Crippen LogP contribution in [0.5, 0.6) is 0 Å². The molecule has 0 saturated heterocycles. The van der Waals surface area contributed by atoms with E-state index >= 15 is 0 Å². The van der Waals surface area contributed by atoms with Crippen molar-refractivity contribution < 1.29 is 4.79 Å². The average molecular weight is 163 g/mol. The highest BCUT2D eigenvalue weighted by Crippen LogP contribution is 2.15. The van der Waals surface area contributed by atoms with Crippen molar-refractivity contribution in [3.05, 3.63) is 18.1 Å². The molecule has 1 aromatic heterocycles. The van der Waals surface area contributed by atoms with Crippen LogP contribution in [0.25, 0.3) is 0 Å². The van der Waals surface area contributed by atoms with Gasteiger partial charge in [-0.15, -0.1) is 0 Å². The summed E-state index contributed by atoms with van der Waals surface area (Å²) in [6.45, 7) is 0. The molecule has 1 amide bonds. The summed E-state index contributed by atoms with van der Waals surface area (Å²) in [6, 6.07) is 0. The number of carbonyl (C=O) groups excluding carboxylic acids is 1. The first-order valence-corrected chi connectivity index (χ1v) is 3.96. The van der Waals surface area contributed by atoms with Gasteiger partial charge in [-0.3, -0.25) is 9.78 Å². The highest BCUT2D eigenvalue weighted by Gasteiger charge is 2.13. The second kappa shape index (κ2) is 2.89. The maximum atomic E-state index is 11.1. The highest BCUT2D eigenvalue weighted by molar-refractivity contribution is 5.90. The van der Waals surface area contributed by atoms with Gasteiger partial charge in [-0.1, -0.05) is 0 Å². The molecule has 62 valence electrons. The first-order chi connectivity index (χ1) is 5.86. The van der Waals surface area contributed by atoms with Crippen molar-refractivity contribution in [3.63, 3.8) is 0 Å². The Hall–Kier alpha value is -1.45. The van der Waals surface area contributed by atoms with Crippen molar-refractivity contribution in [2.24, 2.45) is 0 Å². The summed E-state index contributed by atoms with van der Waals surface area (Å²) in [7, 11) is 0. The fraction of sp³-hybridized carbons (Fsp3) is 0.375. The number of aromatic nitrogens is 2. The van der Waals surface area contributed by atoms with Crippen LogP contribution in [0.4, 0.5) is 5.82 Å². The van der Waals surface area contributed by atoms with Crippen molar-refractivity contribution in [2.75, 3.05) is 5.32 Å². The molecule has 1 N–H and O–H groups in total. The zero-order valence-corrected chi connectivity index (χ0v) is 6.58. The molecule has 4 heteroatoms. The first-order valence-electron chi connectivity index (χ1n) is 3.96. The van der Waals surface area contributed by atoms with Gasteiger partial charge >= 0.3 is 0 Å². The number of hydrogen-bond donors (Lipinski definition) is 1. The van der Waals surface area contributed by atoms with Gasteiger partial charge in [0, 0.05) is 18.8 Å². The number of fused-ring (bicyclic) bond motifs is 1. The average Bonchev–Trinajstić information content (AvgIpc) is 2.25. The molecule has 0 atom stereocenters. The second-order valence-electron chi connectivity index (χ2n) is 2.75. The molecular weight excluding hydrogens is 154 g/mol. The summed E-state index contributed by atoms with van der Waals surface area (Å²) in [5.41, 5.74) is 0.892. The smallest absolute Gasteiger partial charge is 0.225 e. The van der Waals surface area contributed by atoms with Gasteiger partial charge in [0.1, 0.15) is 0 Å². The van der Waals surface area contributed by atoms with Gasteiger partial charge in [-0.2, -0.15) is 0 Å². The fourth-order valence-corrected chi connectivity index (χ4v) is 1.27. The molecule has 1 aliphatic rings. The van der Waals surface area contributed by atoms with Crippen molar-refractivity contribution in [1.29, 1.82) is 0 Å². The summed E-state index contributed by atoms with van der Waals surface area (Å²) in [4.78, 5) is 19.2. The summed E-state index contributed by atoms with van der Waals surface area (Å²) in [6.07, 6.45) is 5.50. The number of nitrogens with one attached hydrogen (secondary N) is 1. The normalized spacial score (nSPS) is 16.2. The fourth-order valence-electron chi connectivity index (χ4n) is 1.27. The lowest BCUT2D eigenvalue weighted by Gasteiger charge is -2.01. The van der Waals surface area contributed by atoms with Crippen molar-refractivity contribution >= 4 is 11.7 Å². The van der Waals surface area contributed by atoms with E-state index in [-0.39, 0.29) is 5.91 Å². The largest absolute Gasteiger partial charge is 0.309 e. The highest BCUT2D eigenvalue weighted by atomic mass is 16.1. The zero-order chi connectivity index (χ0) is 8.39. The quantitative estimate of drug-likeness (QED) is 0.614. The molecule has 1 aromatic rings. The predicted molar refractivity (Wildman–Crippen MR) is 43.6 cm³/mol. The Morgan fingerprint density at radius 1 is 1.25 bits per heavy atom. The number of amides is 1. The lowest BCUT2D eigenvalue weighted by Crippen LogP contribution is -2.10. The lowest BCUT2D eigenvalue weighted by atomic mass is 10.2. The van der Waals surface area contributed by atoms with Gasteiger partial charge < -0.3 is 5.32 Å². The minimum atomic E-state index is 0.0363. The van der Waals surface area contributed by atoms with Crippen LogP contribution in [0.2, 0.25) is 0 Å². The standard InChI is InChI=1S/C8H9N3O/c12-7-3-1-2-6-8(11-7)10-5-4-9-6/h4-5H,1-3H2,(H,10,11,12). The summed E-state index contributed by atoms with van der Waals surface area (Å²) >= 11 is 0. The van der Waals surface area contributed by atoms with Crippen LogP contribution >= 0.6 is 0 Å². The van der Waals surface area contributed by atoms with Crippen molar-refractivity contribution in [2.45, 2.75) is 19.3 Å². The zero-order valence-electron chi connectivity index (χ0n) is 6.58. The molecule has 0 saturated carbocycles. The van der Waals surface area contributed by atoms with E-state index in [9.17, 15) is 4.79 Å². The minimum Gasteiger partial charge on any atom is -0.309 e. The third-order valence-electron chi connectivity index (χ3n) is 1.85. The van der Waals surface area contributed by atoms with E-state index < -0.39 is 0 Å². The Labute approximate surface area is 70.0 Å². The van der Waals surface area contributed by atoms with Gasteiger partial charge in [0.2, 0.25) is 5.91 Å². The molecule has 0 unspecified atom stereocenters. The van der Waals surface area contributed by atoms with E-state index in [2.05, 4.69) is 15.3 Å². The molecule has 0 spiro atoms. The number of carbonyl (C=O) groups is 1. The van der Waals surface area contributed by atoms with E-state index in [1.165, 1.54) is 0 Å². The number of nitrogens with zero attached hydrogens (tertiary/aromatic N) is 2. The molecular formula is C8H9N3O. The molecule has 0 radical (unpaired) electrons. The van der Waals surface area contributed by atoms with E-state index in [1.54, 1.807) is 12.4 Å². The van der Waals surface area contributed by atoms with E-state index in [0.29, 0.717) is 12.2 Å². The molecule has 0 aromatic carbocycles. The van der Waals surface area contributed by atoms with Crippen molar-refractivity contribution in [1.82, 2.24) is 9.97 Å². The van der Waals surface area contributed by atoms with Gasteiger partial charge in [-0.05, 0) is 12.8 Å². The van der Waals surface area contributed by atoms with Crippen molar-refractivity contribution in [3.8, 4) is 0 Å². The topological polar surface area (TPSA) is 54.9 Å². The summed E-state index contributed by atoms with van der Waals surface area (Å²) < 4.78 is 0. The predicted octanol–water partition coefficient (Wildman–Crippen LogP) is 0.751. The summed E-state index contributed by atoms with van der Waals surface area (Å²) in [5.74, 6) is 0.661. The van der Waals surface area contributed by atoms with E-state index in [0.717, 1.165) is 18.5 Å².